The second kappa shape index (κ2) is 5.45. The van der Waals surface area contributed by atoms with Crippen LogP contribution < -0.4 is 10.9 Å². The zero-order valence-electron chi connectivity index (χ0n) is 8.87. The van der Waals surface area contributed by atoms with Gasteiger partial charge in [0.15, 0.2) is 0 Å². The quantitative estimate of drug-likeness (QED) is 0.643. The fourth-order valence-electron chi connectivity index (χ4n) is 0.971. The van der Waals surface area contributed by atoms with Crippen LogP contribution in [0, 0.1) is 5.92 Å². The lowest BCUT2D eigenvalue weighted by Gasteiger charge is -2.12. The van der Waals surface area contributed by atoms with Gasteiger partial charge in [-0.1, -0.05) is 13.8 Å². The normalized spacial score (nSPS) is 15.9. The van der Waals surface area contributed by atoms with Crippen LogP contribution in [-0.2, 0) is 14.4 Å². The van der Waals surface area contributed by atoms with Gasteiger partial charge in [0, 0.05) is 12.8 Å². The molecular weight excluding hydrogens is 198 g/mol. The number of amides is 2. The molecule has 0 unspecified atom stereocenters. The number of nitrogens with one attached hydrogen (secondary N) is 2. The van der Waals surface area contributed by atoms with E-state index in [1.165, 1.54) is 0 Å². The number of hydrogen-bond acceptors (Lipinski definition) is 4. The highest BCUT2D eigenvalue weighted by molar-refractivity contribution is 6.39. The highest BCUT2D eigenvalue weighted by atomic mass is 16.6. The van der Waals surface area contributed by atoms with Gasteiger partial charge in [0.25, 0.3) is 5.91 Å². The molecule has 0 spiro atoms. The molecule has 0 aromatic rings. The third kappa shape index (κ3) is 4.07. The molecule has 0 saturated heterocycles. The zero-order valence-corrected chi connectivity index (χ0v) is 8.87. The van der Waals surface area contributed by atoms with Gasteiger partial charge in [0.2, 0.25) is 5.91 Å². The molecule has 0 aromatic heterocycles. The lowest BCUT2D eigenvalue weighted by atomic mass is 10.2. The SMILES string of the molecule is CC(C)CONC(=O)C1=NNC(=O)CC1. The van der Waals surface area contributed by atoms with Crippen LogP contribution in [0.3, 0.4) is 0 Å². The summed E-state index contributed by atoms with van der Waals surface area (Å²) in [5, 5.41) is 3.63. The van der Waals surface area contributed by atoms with E-state index in [0.29, 0.717) is 24.7 Å². The summed E-state index contributed by atoms with van der Waals surface area (Å²) >= 11 is 0. The Labute approximate surface area is 88.0 Å². The highest BCUT2D eigenvalue weighted by Gasteiger charge is 2.18. The van der Waals surface area contributed by atoms with Crippen LogP contribution in [0.25, 0.3) is 0 Å². The fraction of sp³-hybridized carbons (Fsp3) is 0.667. The molecule has 0 saturated carbocycles. The van der Waals surface area contributed by atoms with E-state index in [2.05, 4.69) is 16.0 Å². The van der Waals surface area contributed by atoms with Crippen LogP contribution in [-0.4, -0.2) is 24.1 Å². The van der Waals surface area contributed by atoms with Crippen LogP contribution in [0.4, 0.5) is 0 Å². The lowest BCUT2D eigenvalue weighted by Crippen LogP contribution is -2.37. The maximum absolute atomic E-state index is 11.4. The van der Waals surface area contributed by atoms with Gasteiger partial charge in [-0.05, 0) is 5.92 Å². The minimum Gasteiger partial charge on any atom is -0.273 e. The van der Waals surface area contributed by atoms with E-state index in [9.17, 15) is 9.59 Å². The summed E-state index contributed by atoms with van der Waals surface area (Å²) in [6.45, 7) is 4.40. The number of rotatable bonds is 4. The van der Waals surface area contributed by atoms with Crippen molar-refractivity contribution in [3.63, 3.8) is 0 Å². The Morgan fingerprint density at radius 2 is 2.33 bits per heavy atom. The predicted molar refractivity (Wildman–Crippen MR) is 53.7 cm³/mol. The Morgan fingerprint density at radius 3 is 2.87 bits per heavy atom. The van der Waals surface area contributed by atoms with Crippen molar-refractivity contribution in [2.45, 2.75) is 26.7 Å². The first-order valence-corrected chi connectivity index (χ1v) is 4.87. The minimum absolute atomic E-state index is 0.172. The van der Waals surface area contributed by atoms with E-state index in [4.69, 9.17) is 4.84 Å². The monoisotopic (exact) mass is 213 g/mol. The first kappa shape index (κ1) is 11.6. The van der Waals surface area contributed by atoms with Crippen molar-refractivity contribution in [2.75, 3.05) is 6.61 Å². The maximum Gasteiger partial charge on any atom is 0.291 e. The van der Waals surface area contributed by atoms with Gasteiger partial charge in [-0.15, -0.1) is 0 Å². The Hall–Kier alpha value is -1.43. The van der Waals surface area contributed by atoms with Crippen molar-refractivity contribution in [1.82, 2.24) is 10.9 Å². The molecule has 0 fully saturated rings. The van der Waals surface area contributed by atoms with Gasteiger partial charge in [-0.2, -0.15) is 5.10 Å². The Bertz CT molecular complexity index is 286. The van der Waals surface area contributed by atoms with Crippen LogP contribution in [0.5, 0.6) is 0 Å². The van der Waals surface area contributed by atoms with Crippen LogP contribution in [0.2, 0.25) is 0 Å². The molecule has 2 N–H and O–H groups in total. The van der Waals surface area contributed by atoms with E-state index < -0.39 is 5.91 Å². The van der Waals surface area contributed by atoms with Gasteiger partial charge < -0.3 is 0 Å². The molecule has 84 valence electrons. The largest absolute Gasteiger partial charge is 0.291 e. The molecule has 6 heteroatoms. The molecule has 1 aliphatic rings. The number of hydroxylamine groups is 1. The van der Waals surface area contributed by atoms with Crippen molar-refractivity contribution < 1.29 is 14.4 Å². The number of hydrogen-bond donors (Lipinski definition) is 2. The molecule has 0 aromatic carbocycles. The summed E-state index contributed by atoms with van der Waals surface area (Å²) in [4.78, 5) is 27.1. The van der Waals surface area contributed by atoms with E-state index >= 15 is 0 Å². The van der Waals surface area contributed by atoms with Crippen molar-refractivity contribution >= 4 is 17.5 Å². The second-order valence-electron chi connectivity index (χ2n) is 3.73. The predicted octanol–water partition coefficient (Wildman–Crippen LogP) is -0.0438. The summed E-state index contributed by atoms with van der Waals surface area (Å²) in [5.74, 6) is -0.219. The summed E-state index contributed by atoms with van der Waals surface area (Å²) in [5.41, 5.74) is 4.81. The molecule has 1 heterocycles. The highest BCUT2D eigenvalue weighted by Crippen LogP contribution is 1.99. The van der Waals surface area contributed by atoms with Gasteiger partial charge in [0.1, 0.15) is 5.71 Å². The Morgan fingerprint density at radius 1 is 1.60 bits per heavy atom. The summed E-state index contributed by atoms with van der Waals surface area (Å²) < 4.78 is 0. The minimum atomic E-state index is -0.393. The molecular formula is C9H15N3O3. The van der Waals surface area contributed by atoms with Crippen LogP contribution in [0.1, 0.15) is 26.7 Å². The number of carbonyl (C=O) groups is 2. The van der Waals surface area contributed by atoms with Crippen molar-refractivity contribution in [1.29, 1.82) is 0 Å². The van der Waals surface area contributed by atoms with Gasteiger partial charge in [0.05, 0.1) is 6.61 Å². The Balaban J connectivity index is 2.31. The average Bonchev–Trinajstić information content (AvgIpc) is 2.18. The zero-order chi connectivity index (χ0) is 11.3. The third-order valence-corrected chi connectivity index (χ3v) is 1.75. The molecule has 0 aliphatic carbocycles. The Kier molecular flexibility index (Phi) is 4.23. The molecule has 1 aliphatic heterocycles. The van der Waals surface area contributed by atoms with Gasteiger partial charge in [-0.3, -0.25) is 14.4 Å². The smallest absolute Gasteiger partial charge is 0.273 e. The first-order chi connectivity index (χ1) is 7.09. The second-order valence-corrected chi connectivity index (χ2v) is 3.73. The topological polar surface area (TPSA) is 79.8 Å². The van der Waals surface area contributed by atoms with Gasteiger partial charge in [-0.25, -0.2) is 10.9 Å². The molecule has 15 heavy (non-hydrogen) atoms. The summed E-state index contributed by atoms with van der Waals surface area (Å²) in [7, 11) is 0. The van der Waals surface area contributed by atoms with Crippen LogP contribution >= 0.6 is 0 Å². The van der Waals surface area contributed by atoms with E-state index in [-0.39, 0.29) is 12.3 Å². The van der Waals surface area contributed by atoms with Crippen molar-refractivity contribution in [3.8, 4) is 0 Å². The lowest BCUT2D eigenvalue weighted by molar-refractivity contribution is -0.127. The molecule has 6 nitrogen and oxygen atoms in total. The molecule has 0 atom stereocenters. The van der Waals surface area contributed by atoms with Gasteiger partial charge >= 0.3 is 0 Å². The number of hydrazone groups is 1. The average molecular weight is 213 g/mol. The molecule has 1 rings (SSSR count). The van der Waals surface area contributed by atoms with E-state index in [1.807, 2.05) is 13.8 Å². The fourth-order valence-corrected chi connectivity index (χ4v) is 0.971. The summed E-state index contributed by atoms with van der Waals surface area (Å²) in [6, 6.07) is 0. The van der Waals surface area contributed by atoms with E-state index in [0.717, 1.165) is 0 Å². The first-order valence-electron chi connectivity index (χ1n) is 4.87. The molecule has 2 amide bonds. The molecule has 0 radical (unpaired) electrons. The summed E-state index contributed by atoms with van der Waals surface area (Å²) in [6.07, 6.45) is 0.638. The maximum atomic E-state index is 11.4. The van der Waals surface area contributed by atoms with E-state index in [1.54, 1.807) is 0 Å². The third-order valence-electron chi connectivity index (χ3n) is 1.75. The standard InChI is InChI=1S/C9H15N3O3/c1-6(2)5-15-12-9(14)7-3-4-8(13)11-10-7/h6H,3-5H2,1-2H3,(H,11,13)(H,12,14). The van der Waals surface area contributed by atoms with Crippen LogP contribution in [0.15, 0.2) is 5.10 Å². The van der Waals surface area contributed by atoms with Crippen molar-refractivity contribution in [2.24, 2.45) is 11.0 Å². The van der Waals surface area contributed by atoms with Crippen molar-refractivity contribution in [3.05, 3.63) is 0 Å². The number of carbonyl (C=O) groups excluding carboxylic acids is 2. The number of nitrogens with zero attached hydrogens (tertiary/aromatic N) is 1. The molecule has 0 bridgehead atoms.